The summed E-state index contributed by atoms with van der Waals surface area (Å²) >= 11 is 0. The van der Waals surface area contributed by atoms with Gasteiger partial charge >= 0.3 is 41.8 Å². The molecule has 16 heteroatoms. The van der Waals surface area contributed by atoms with Gasteiger partial charge in [-0.05, 0) is 6.92 Å². The fourth-order valence-corrected chi connectivity index (χ4v) is 1.75. The molecule has 2 atom stereocenters. The van der Waals surface area contributed by atoms with Crippen LogP contribution >= 0.6 is 0 Å². The lowest BCUT2D eigenvalue weighted by molar-refractivity contribution is -0.440. The van der Waals surface area contributed by atoms with Gasteiger partial charge in [-0.1, -0.05) is 0 Å². The quantitative estimate of drug-likeness (QED) is 0.345. The summed E-state index contributed by atoms with van der Waals surface area (Å²) in [6.45, 7) is 0.565. The van der Waals surface area contributed by atoms with Crippen molar-refractivity contribution in [1.29, 1.82) is 0 Å². The smallest absolute Gasteiger partial charge is 0.460 e. The van der Waals surface area contributed by atoms with E-state index in [1.807, 2.05) is 0 Å². The van der Waals surface area contributed by atoms with Crippen LogP contribution in [0.3, 0.4) is 0 Å². The third kappa shape index (κ3) is 3.18. The summed E-state index contributed by atoms with van der Waals surface area (Å²) in [5, 5.41) is 0. The molecule has 0 bridgehead atoms. The van der Waals surface area contributed by atoms with Crippen molar-refractivity contribution in [3.05, 3.63) is 0 Å². The summed E-state index contributed by atoms with van der Waals surface area (Å²) in [4.78, 5) is 11.0. The maximum Gasteiger partial charge on any atom is 0.460 e. The van der Waals surface area contributed by atoms with Crippen LogP contribution in [0.5, 0.6) is 0 Å². The predicted octanol–water partition coefficient (Wildman–Crippen LogP) is 4.06. The first-order valence-electron chi connectivity index (χ1n) is 6.49. The first-order valence-corrected chi connectivity index (χ1v) is 6.49. The van der Waals surface area contributed by atoms with E-state index < -0.39 is 60.6 Å². The summed E-state index contributed by atoms with van der Waals surface area (Å²) < 4.78 is 175. The number of hydrogen-bond donors (Lipinski definition) is 0. The molecule has 160 valence electrons. The van der Waals surface area contributed by atoms with Crippen LogP contribution in [0.15, 0.2) is 0 Å². The van der Waals surface area contributed by atoms with Gasteiger partial charge in [-0.25, -0.2) is 4.79 Å². The fourth-order valence-electron chi connectivity index (χ4n) is 1.75. The lowest BCUT2D eigenvalue weighted by atomic mass is 9.92. The number of carbonyl (C=O) groups excluding carboxylic acids is 1. The topological polar surface area (TPSA) is 38.8 Å². The first kappa shape index (κ1) is 23.6. The average Bonchev–Trinajstić information content (AvgIpc) is 3.26. The number of ether oxygens (including phenoxy) is 2. The van der Waals surface area contributed by atoms with E-state index in [-0.39, 0.29) is 0 Å². The van der Waals surface area contributed by atoms with Gasteiger partial charge < -0.3 is 9.47 Å². The standard InChI is InChI=1S/C11H7F13O3/c1-2-26-5(25)3-4(27-3)6(12,13)7(14,15)8(16,17)9(18,19)10(20,21)11(22,23)24/h3-4H,2H2,1H3. The van der Waals surface area contributed by atoms with Crippen LogP contribution in [-0.4, -0.2) is 60.6 Å². The number of alkyl halides is 13. The summed E-state index contributed by atoms with van der Waals surface area (Å²) in [5.74, 6) is -39.4. The largest absolute Gasteiger partial charge is 0.464 e. The third-order valence-electron chi connectivity index (χ3n) is 3.33. The van der Waals surface area contributed by atoms with Crippen LogP contribution in [0.4, 0.5) is 57.1 Å². The van der Waals surface area contributed by atoms with Crippen molar-refractivity contribution in [1.82, 2.24) is 0 Å². The normalized spacial score (nSPS) is 22.6. The summed E-state index contributed by atoms with van der Waals surface area (Å²) in [6, 6.07) is 0. The van der Waals surface area contributed by atoms with Crippen LogP contribution in [-0.2, 0) is 14.3 Å². The number of esters is 1. The molecule has 0 aromatic heterocycles. The van der Waals surface area contributed by atoms with Gasteiger partial charge in [0.05, 0.1) is 6.61 Å². The van der Waals surface area contributed by atoms with Crippen molar-refractivity contribution in [2.45, 2.75) is 54.9 Å². The molecule has 2 unspecified atom stereocenters. The Bertz CT molecular complexity index is 583. The molecular weight excluding hydrogens is 427 g/mol. The lowest BCUT2D eigenvalue weighted by Gasteiger charge is -2.39. The van der Waals surface area contributed by atoms with E-state index in [9.17, 15) is 61.9 Å². The van der Waals surface area contributed by atoms with Crippen molar-refractivity contribution < 1.29 is 71.3 Å². The molecule has 1 heterocycles. The van der Waals surface area contributed by atoms with E-state index in [0.29, 0.717) is 0 Å². The molecule has 0 aromatic rings. The molecule has 0 radical (unpaired) electrons. The molecule has 1 aliphatic rings. The molecule has 0 N–H and O–H groups in total. The van der Waals surface area contributed by atoms with E-state index >= 15 is 0 Å². The molecule has 0 spiro atoms. The summed E-state index contributed by atoms with van der Waals surface area (Å²) in [5.41, 5.74) is 0. The highest BCUT2D eigenvalue weighted by molar-refractivity contribution is 5.78. The zero-order valence-corrected chi connectivity index (χ0v) is 12.5. The van der Waals surface area contributed by atoms with Crippen molar-refractivity contribution in [2.75, 3.05) is 6.61 Å². The van der Waals surface area contributed by atoms with Crippen LogP contribution in [0.25, 0.3) is 0 Å². The average molecular weight is 434 g/mol. The van der Waals surface area contributed by atoms with Crippen molar-refractivity contribution >= 4 is 5.97 Å². The van der Waals surface area contributed by atoms with Gasteiger partial charge in [-0.2, -0.15) is 57.1 Å². The zero-order valence-electron chi connectivity index (χ0n) is 12.5. The minimum atomic E-state index is -7.99. The maximum absolute atomic E-state index is 13.5. The SMILES string of the molecule is CCOC(=O)C1OC1C(F)(F)C(F)(F)C(F)(F)C(F)(F)C(F)(F)C(F)(F)F. The maximum atomic E-state index is 13.5. The highest BCUT2D eigenvalue weighted by Gasteiger charge is 2.92. The second kappa shape index (κ2) is 6.27. The highest BCUT2D eigenvalue weighted by Crippen LogP contribution is 2.62. The van der Waals surface area contributed by atoms with E-state index in [2.05, 4.69) is 9.47 Å². The Labute approximate surface area is 140 Å². The first-order chi connectivity index (χ1) is 11.7. The fraction of sp³-hybridized carbons (Fsp3) is 0.909. The third-order valence-corrected chi connectivity index (χ3v) is 3.33. The van der Waals surface area contributed by atoms with Gasteiger partial charge in [0, 0.05) is 0 Å². The van der Waals surface area contributed by atoms with Crippen molar-refractivity contribution in [2.24, 2.45) is 0 Å². The Morgan fingerprint density at radius 3 is 1.56 bits per heavy atom. The van der Waals surface area contributed by atoms with Gasteiger partial charge in [0.1, 0.15) is 0 Å². The van der Waals surface area contributed by atoms with Crippen LogP contribution in [0.2, 0.25) is 0 Å². The molecule has 1 saturated heterocycles. The van der Waals surface area contributed by atoms with Crippen LogP contribution in [0.1, 0.15) is 6.92 Å². The lowest BCUT2D eigenvalue weighted by Crippen LogP contribution is -2.71. The van der Waals surface area contributed by atoms with Gasteiger partial charge in [-0.15, -0.1) is 0 Å². The molecule has 1 rings (SSSR count). The molecule has 1 aliphatic heterocycles. The number of rotatable bonds is 7. The van der Waals surface area contributed by atoms with Crippen molar-refractivity contribution in [3.63, 3.8) is 0 Å². The van der Waals surface area contributed by atoms with E-state index in [0.717, 1.165) is 6.92 Å². The Kier molecular flexibility index (Phi) is 5.47. The minimum Gasteiger partial charge on any atom is -0.464 e. The molecule has 1 fully saturated rings. The summed E-state index contributed by atoms with van der Waals surface area (Å²) in [7, 11) is 0. The number of hydrogen-bond acceptors (Lipinski definition) is 3. The highest BCUT2D eigenvalue weighted by atomic mass is 19.4. The molecule has 3 nitrogen and oxygen atoms in total. The van der Waals surface area contributed by atoms with Gasteiger partial charge in [0.25, 0.3) is 0 Å². The van der Waals surface area contributed by atoms with E-state index in [1.165, 1.54) is 0 Å². The van der Waals surface area contributed by atoms with E-state index in [1.54, 1.807) is 0 Å². The van der Waals surface area contributed by atoms with Gasteiger partial charge in [-0.3, -0.25) is 0 Å². The van der Waals surface area contributed by atoms with Gasteiger partial charge in [0.15, 0.2) is 12.2 Å². The Morgan fingerprint density at radius 1 is 0.778 bits per heavy atom. The van der Waals surface area contributed by atoms with Crippen LogP contribution < -0.4 is 0 Å². The number of halogens is 13. The molecule has 0 aromatic carbocycles. The number of carbonyl (C=O) groups is 1. The number of epoxide rings is 1. The molecule has 0 saturated carbocycles. The molecule has 0 aliphatic carbocycles. The predicted molar refractivity (Wildman–Crippen MR) is 56.1 cm³/mol. The Morgan fingerprint density at radius 2 is 1.19 bits per heavy atom. The molecular formula is C11H7F13O3. The van der Waals surface area contributed by atoms with Crippen LogP contribution in [0, 0.1) is 0 Å². The zero-order chi connectivity index (χ0) is 21.9. The van der Waals surface area contributed by atoms with E-state index in [4.69, 9.17) is 0 Å². The Balaban J connectivity index is 3.30. The molecule has 0 amide bonds. The summed E-state index contributed by atoms with van der Waals surface area (Å²) in [6.07, 6.45) is -13.6. The monoisotopic (exact) mass is 434 g/mol. The second-order valence-electron chi connectivity index (χ2n) is 5.15. The Hall–Kier alpha value is -1.48. The molecule has 27 heavy (non-hydrogen) atoms. The van der Waals surface area contributed by atoms with Gasteiger partial charge in [0.2, 0.25) is 0 Å². The second-order valence-corrected chi connectivity index (χ2v) is 5.15. The van der Waals surface area contributed by atoms with Crippen molar-refractivity contribution in [3.8, 4) is 0 Å². The minimum absolute atomic E-state index is 0.528.